The van der Waals surface area contributed by atoms with E-state index in [4.69, 9.17) is 11.1 Å². The Morgan fingerprint density at radius 2 is 2.31 bits per heavy atom. The Kier molecular flexibility index (Phi) is 2.64. The summed E-state index contributed by atoms with van der Waals surface area (Å²) in [5, 5.41) is 9.71. The average molecular weight is 177 g/mol. The molecule has 68 valence electrons. The molecule has 0 aliphatic heterocycles. The molecule has 0 bridgehead atoms. The number of carbonyl (C=O) groups is 1. The molecule has 0 spiro atoms. The Labute approximate surface area is 76.3 Å². The van der Waals surface area contributed by atoms with Crippen LogP contribution in [0, 0.1) is 5.41 Å². The van der Waals surface area contributed by atoms with Crippen molar-refractivity contribution in [3.63, 3.8) is 0 Å². The van der Waals surface area contributed by atoms with Crippen LogP contribution in [0.2, 0.25) is 0 Å². The van der Waals surface area contributed by atoms with E-state index in [1.54, 1.807) is 18.2 Å². The van der Waals surface area contributed by atoms with Gasteiger partial charge in [0.2, 0.25) is 5.91 Å². The lowest BCUT2D eigenvalue weighted by Crippen LogP contribution is -2.09. The number of carbonyl (C=O) groups excluding carboxylic acids is 1. The van der Waals surface area contributed by atoms with Gasteiger partial charge < -0.3 is 16.5 Å². The van der Waals surface area contributed by atoms with Crippen LogP contribution in [0.25, 0.3) is 0 Å². The summed E-state index contributed by atoms with van der Waals surface area (Å²) in [5.74, 6) is -0.172. The molecule has 1 amide bonds. The van der Waals surface area contributed by atoms with Gasteiger partial charge in [0.05, 0.1) is 5.69 Å². The molecule has 1 aromatic carbocycles. The van der Waals surface area contributed by atoms with Gasteiger partial charge in [0.15, 0.2) is 0 Å². The first kappa shape index (κ1) is 9.25. The van der Waals surface area contributed by atoms with Gasteiger partial charge in [-0.2, -0.15) is 0 Å². The van der Waals surface area contributed by atoms with Crippen LogP contribution < -0.4 is 11.1 Å². The summed E-state index contributed by atoms with van der Waals surface area (Å²) in [4.78, 5) is 10.8. The molecule has 0 saturated carbocycles. The van der Waals surface area contributed by atoms with Gasteiger partial charge in [-0.15, -0.1) is 0 Å². The molecular weight excluding hydrogens is 166 g/mol. The minimum atomic E-state index is -0.172. The molecule has 1 rings (SSSR count). The molecule has 4 nitrogen and oxygen atoms in total. The van der Waals surface area contributed by atoms with Crippen LogP contribution in [0.4, 0.5) is 11.4 Å². The Bertz CT molecular complexity index is 347. The highest BCUT2D eigenvalue weighted by atomic mass is 16.1. The molecular formula is C9H11N3O. The molecule has 0 fully saturated rings. The quantitative estimate of drug-likeness (QED) is 0.469. The molecule has 1 aromatic rings. The number of amides is 1. The number of nitrogens with one attached hydrogen (secondary N) is 2. The van der Waals surface area contributed by atoms with Gasteiger partial charge >= 0.3 is 0 Å². The summed E-state index contributed by atoms with van der Waals surface area (Å²) >= 11 is 0. The van der Waals surface area contributed by atoms with E-state index in [9.17, 15) is 4.79 Å². The first-order valence-corrected chi connectivity index (χ1v) is 3.81. The van der Waals surface area contributed by atoms with Crippen LogP contribution in [-0.4, -0.2) is 12.1 Å². The highest BCUT2D eigenvalue weighted by Gasteiger charge is 2.03. The van der Waals surface area contributed by atoms with E-state index in [0.29, 0.717) is 16.9 Å². The predicted octanol–water partition coefficient (Wildman–Crippen LogP) is 1.22. The lowest BCUT2D eigenvalue weighted by molar-refractivity contribution is -0.114. The van der Waals surface area contributed by atoms with Gasteiger partial charge in [0.25, 0.3) is 0 Å². The molecule has 0 aliphatic carbocycles. The number of hydrogen-bond acceptors (Lipinski definition) is 3. The van der Waals surface area contributed by atoms with E-state index in [2.05, 4.69) is 5.32 Å². The topological polar surface area (TPSA) is 79.0 Å². The van der Waals surface area contributed by atoms with E-state index in [0.717, 1.165) is 6.21 Å². The fourth-order valence-corrected chi connectivity index (χ4v) is 1.04. The van der Waals surface area contributed by atoms with E-state index in [-0.39, 0.29) is 5.91 Å². The number of rotatable bonds is 2. The summed E-state index contributed by atoms with van der Waals surface area (Å²) in [6, 6.07) is 5.12. The lowest BCUT2D eigenvalue weighted by Gasteiger charge is -2.07. The van der Waals surface area contributed by atoms with E-state index in [1.165, 1.54) is 6.92 Å². The smallest absolute Gasteiger partial charge is 0.221 e. The van der Waals surface area contributed by atoms with Gasteiger partial charge in [-0.05, 0) is 12.1 Å². The van der Waals surface area contributed by atoms with Crippen molar-refractivity contribution in [2.75, 3.05) is 11.1 Å². The van der Waals surface area contributed by atoms with Gasteiger partial charge in [-0.3, -0.25) is 4.79 Å². The van der Waals surface area contributed by atoms with Gasteiger partial charge in [0, 0.05) is 24.4 Å². The third kappa shape index (κ3) is 2.05. The standard InChI is InChI=1S/C9H11N3O/c1-6(13)12-9-4-2-3-8(11)7(9)5-10/h2-5,10H,11H2,1H3,(H,12,13). The van der Waals surface area contributed by atoms with Crippen LogP contribution in [0.3, 0.4) is 0 Å². The summed E-state index contributed by atoms with van der Waals surface area (Å²) in [5.41, 5.74) is 7.20. The molecule has 0 saturated heterocycles. The minimum Gasteiger partial charge on any atom is -0.398 e. The molecule has 0 unspecified atom stereocenters. The maximum Gasteiger partial charge on any atom is 0.221 e. The molecule has 0 radical (unpaired) electrons. The second-order valence-electron chi connectivity index (χ2n) is 2.63. The fraction of sp³-hybridized carbons (Fsp3) is 0.111. The normalized spacial score (nSPS) is 9.31. The first-order valence-electron chi connectivity index (χ1n) is 3.81. The SMILES string of the molecule is CC(=O)Nc1cccc(N)c1C=N. The second kappa shape index (κ2) is 3.71. The van der Waals surface area contributed by atoms with Crippen molar-refractivity contribution in [2.24, 2.45) is 0 Å². The zero-order chi connectivity index (χ0) is 9.84. The van der Waals surface area contributed by atoms with Gasteiger partial charge in [-0.1, -0.05) is 6.07 Å². The average Bonchev–Trinajstić information content (AvgIpc) is 2.03. The van der Waals surface area contributed by atoms with Crippen LogP contribution in [0.5, 0.6) is 0 Å². The molecule has 0 atom stereocenters. The highest BCUT2D eigenvalue weighted by Crippen LogP contribution is 2.19. The maximum atomic E-state index is 10.8. The van der Waals surface area contributed by atoms with Crippen molar-refractivity contribution in [3.8, 4) is 0 Å². The number of nitrogen functional groups attached to an aromatic ring is 1. The maximum absolute atomic E-state index is 10.8. The number of anilines is 2. The summed E-state index contributed by atoms with van der Waals surface area (Å²) in [7, 11) is 0. The second-order valence-corrected chi connectivity index (χ2v) is 2.63. The molecule has 0 aromatic heterocycles. The van der Waals surface area contributed by atoms with Crippen LogP contribution in [0.1, 0.15) is 12.5 Å². The number of hydrogen-bond donors (Lipinski definition) is 3. The fourth-order valence-electron chi connectivity index (χ4n) is 1.04. The predicted molar refractivity (Wildman–Crippen MR) is 53.0 cm³/mol. The van der Waals surface area contributed by atoms with Gasteiger partial charge in [-0.25, -0.2) is 0 Å². The first-order chi connectivity index (χ1) is 6.15. The molecule has 0 aliphatic rings. The molecule has 13 heavy (non-hydrogen) atoms. The van der Waals surface area contributed by atoms with E-state index in [1.807, 2.05) is 0 Å². The van der Waals surface area contributed by atoms with Crippen molar-refractivity contribution in [1.82, 2.24) is 0 Å². The summed E-state index contributed by atoms with van der Waals surface area (Å²) in [6.07, 6.45) is 1.13. The number of benzene rings is 1. The van der Waals surface area contributed by atoms with E-state index >= 15 is 0 Å². The van der Waals surface area contributed by atoms with E-state index < -0.39 is 0 Å². The van der Waals surface area contributed by atoms with Crippen molar-refractivity contribution in [1.29, 1.82) is 5.41 Å². The van der Waals surface area contributed by atoms with Crippen molar-refractivity contribution in [2.45, 2.75) is 6.92 Å². The third-order valence-corrected chi connectivity index (χ3v) is 1.59. The van der Waals surface area contributed by atoms with Crippen molar-refractivity contribution >= 4 is 23.5 Å². The molecule has 4 N–H and O–H groups in total. The zero-order valence-corrected chi connectivity index (χ0v) is 7.29. The Morgan fingerprint density at radius 1 is 1.62 bits per heavy atom. The summed E-state index contributed by atoms with van der Waals surface area (Å²) < 4.78 is 0. The zero-order valence-electron chi connectivity index (χ0n) is 7.29. The monoisotopic (exact) mass is 177 g/mol. The van der Waals surface area contributed by atoms with Crippen molar-refractivity contribution in [3.05, 3.63) is 23.8 Å². The molecule has 4 heteroatoms. The molecule has 0 heterocycles. The van der Waals surface area contributed by atoms with Crippen LogP contribution in [0.15, 0.2) is 18.2 Å². The van der Waals surface area contributed by atoms with Crippen LogP contribution in [-0.2, 0) is 4.79 Å². The van der Waals surface area contributed by atoms with Gasteiger partial charge in [0.1, 0.15) is 0 Å². The lowest BCUT2D eigenvalue weighted by atomic mass is 10.1. The third-order valence-electron chi connectivity index (χ3n) is 1.59. The Morgan fingerprint density at radius 3 is 2.85 bits per heavy atom. The summed E-state index contributed by atoms with van der Waals surface area (Å²) in [6.45, 7) is 1.41. The highest BCUT2D eigenvalue weighted by molar-refractivity contribution is 5.99. The van der Waals surface area contributed by atoms with Crippen LogP contribution >= 0.6 is 0 Å². The number of nitrogens with two attached hydrogens (primary N) is 1. The largest absolute Gasteiger partial charge is 0.398 e. The minimum absolute atomic E-state index is 0.172. The Balaban J connectivity index is 3.12. The Hall–Kier alpha value is -1.84. The van der Waals surface area contributed by atoms with Crippen molar-refractivity contribution < 1.29 is 4.79 Å².